The number of hydrogen-bond donors (Lipinski definition) is 1. The van der Waals surface area contributed by atoms with E-state index < -0.39 is 0 Å². The van der Waals surface area contributed by atoms with Crippen molar-refractivity contribution in [2.45, 2.75) is 20.3 Å². The Hall–Kier alpha value is -1.29. The number of aromatic nitrogens is 2. The molecule has 4 heteroatoms. The second-order valence-electron chi connectivity index (χ2n) is 3.76. The highest BCUT2D eigenvalue weighted by atomic mass is 79.9. The number of nitrogens with zero attached hydrogens (tertiary/aromatic N) is 2. The molecule has 0 aliphatic rings. The van der Waals surface area contributed by atoms with Gasteiger partial charge in [0.2, 0.25) is 0 Å². The minimum absolute atomic E-state index is 0.679. The van der Waals surface area contributed by atoms with Gasteiger partial charge in [0, 0.05) is 10.5 Å². The highest BCUT2D eigenvalue weighted by molar-refractivity contribution is 9.10. The van der Waals surface area contributed by atoms with Crippen molar-refractivity contribution >= 4 is 21.7 Å². The fourth-order valence-corrected chi connectivity index (χ4v) is 1.83. The molecule has 0 saturated heterocycles. The van der Waals surface area contributed by atoms with E-state index in [1.807, 2.05) is 25.1 Å². The molecular weight excluding hydrogens is 266 g/mol. The number of benzene rings is 1. The first-order valence-electron chi connectivity index (χ1n) is 5.22. The molecule has 1 heterocycles. The summed E-state index contributed by atoms with van der Waals surface area (Å²) in [7, 11) is 0. The summed E-state index contributed by atoms with van der Waals surface area (Å²) >= 11 is 3.48. The summed E-state index contributed by atoms with van der Waals surface area (Å²) in [6.45, 7) is 4.12. The lowest BCUT2D eigenvalue weighted by molar-refractivity contribution is 0.848. The van der Waals surface area contributed by atoms with Gasteiger partial charge in [0.1, 0.15) is 5.82 Å². The van der Waals surface area contributed by atoms with Gasteiger partial charge in [0.15, 0.2) is 0 Å². The van der Waals surface area contributed by atoms with Crippen molar-refractivity contribution in [2.24, 2.45) is 0 Å². The average Bonchev–Trinajstić information content (AvgIpc) is 2.64. The lowest BCUT2D eigenvalue weighted by Gasteiger charge is -2.06. The monoisotopic (exact) mass is 279 g/mol. The number of nitrogen functional groups attached to an aromatic ring is 1. The third kappa shape index (κ3) is 1.97. The second-order valence-corrected chi connectivity index (χ2v) is 4.61. The Kier molecular flexibility index (Phi) is 3.01. The summed E-state index contributed by atoms with van der Waals surface area (Å²) in [6.07, 6.45) is 0.896. The fourth-order valence-electron chi connectivity index (χ4n) is 1.59. The predicted molar refractivity (Wildman–Crippen MR) is 69.8 cm³/mol. The van der Waals surface area contributed by atoms with Crippen molar-refractivity contribution in [3.8, 4) is 5.69 Å². The van der Waals surface area contributed by atoms with Crippen LogP contribution in [0.15, 0.2) is 28.7 Å². The summed E-state index contributed by atoms with van der Waals surface area (Å²) in [5, 5.41) is 4.45. The normalized spacial score (nSPS) is 10.7. The van der Waals surface area contributed by atoms with Crippen LogP contribution in [0.1, 0.15) is 18.2 Å². The van der Waals surface area contributed by atoms with Gasteiger partial charge in [-0.1, -0.05) is 22.9 Å². The van der Waals surface area contributed by atoms with Gasteiger partial charge < -0.3 is 5.73 Å². The van der Waals surface area contributed by atoms with E-state index in [9.17, 15) is 0 Å². The van der Waals surface area contributed by atoms with Crippen molar-refractivity contribution in [1.82, 2.24) is 9.78 Å². The predicted octanol–water partition coefficient (Wildman–Crippen LogP) is 3.09. The smallest absolute Gasteiger partial charge is 0.127 e. The van der Waals surface area contributed by atoms with Crippen LogP contribution in [0.25, 0.3) is 5.69 Å². The first kappa shape index (κ1) is 11.2. The Morgan fingerprint density at radius 3 is 2.69 bits per heavy atom. The van der Waals surface area contributed by atoms with Gasteiger partial charge in [-0.25, -0.2) is 4.68 Å². The van der Waals surface area contributed by atoms with Crippen LogP contribution in [0.5, 0.6) is 0 Å². The van der Waals surface area contributed by atoms with E-state index in [4.69, 9.17) is 5.73 Å². The molecule has 2 N–H and O–H groups in total. The topological polar surface area (TPSA) is 43.8 Å². The van der Waals surface area contributed by atoms with Crippen molar-refractivity contribution in [1.29, 1.82) is 0 Å². The SMILES string of the molecule is CCc1cc(N)n(-c2ccc(Br)c(C)c2)n1. The summed E-state index contributed by atoms with van der Waals surface area (Å²) in [6, 6.07) is 7.99. The molecule has 0 aliphatic carbocycles. The van der Waals surface area contributed by atoms with Crippen LogP contribution in [0, 0.1) is 6.92 Å². The van der Waals surface area contributed by atoms with Gasteiger partial charge in [0.25, 0.3) is 0 Å². The molecule has 0 bridgehead atoms. The molecule has 1 aromatic heterocycles. The Morgan fingerprint density at radius 2 is 2.12 bits per heavy atom. The Balaban J connectivity index is 2.49. The van der Waals surface area contributed by atoms with Crippen LogP contribution in [0.2, 0.25) is 0 Å². The van der Waals surface area contributed by atoms with Crippen molar-refractivity contribution < 1.29 is 0 Å². The molecule has 0 fully saturated rings. The van der Waals surface area contributed by atoms with Crippen molar-refractivity contribution in [3.05, 3.63) is 40.0 Å². The summed E-state index contributed by atoms with van der Waals surface area (Å²) in [5.41, 5.74) is 9.11. The van der Waals surface area contributed by atoms with Gasteiger partial charge >= 0.3 is 0 Å². The highest BCUT2D eigenvalue weighted by Gasteiger charge is 2.06. The number of rotatable bonds is 2. The highest BCUT2D eigenvalue weighted by Crippen LogP contribution is 2.21. The fraction of sp³-hybridized carbons (Fsp3) is 0.250. The maximum absolute atomic E-state index is 5.93. The van der Waals surface area contributed by atoms with Gasteiger partial charge in [0.05, 0.1) is 11.4 Å². The van der Waals surface area contributed by atoms with E-state index in [2.05, 4.69) is 34.0 Å². The lowest BCUT2D eigenvalue weighted by Crippen LogP contribution is -2.02. The minimum atomic E-state index is 0.679. The quantitative estimate of drug-likeness (QED) is 0.918. The van der Waals surface area contributed by atoms with E-state index in [-0.39, 0.29) is 0 Å². The third-order valence-electron chi connectivity index (χ3n) is 2.54. The largest absolute Gasteiger partial charge is 0.384 e. The standard InChI is InChI=1S/C12H14BrN3/c1-3-9-7-12(14)16(15-9)10-4-5-11(13)8(2)6-10/h4-7H,3,14H2,1-2H3. The lowest BCUT2D eigenvalue weighted by atomic mass is 10.2. The summed E-state index contributed by atoms with van der Waals surface area (Å²) in [5.74, 6) is 0.679. The first-order valence-corrected chi connectivity index (χ1v) is 6.02. The van der Waals surface area contributed by atoms with Crippen LogP contribution in [-0.4, -0.2) is 9.78 Å². The molecule has 84 valence electrons. The molecule has 0 radical (unpaired) electrons. The van der Waals surface area contributed by atoms with Gasteiger partial charge in [-0.05, 0) is 37.1 Å². The maximum Gasteiger partial charge on any atom is 0.127 e. The molecule has 1 aromatic carbocycles. The zero-order valence-corrected chi connectivity index (χ0v) is 11.0. The third-order valence-corrected chi connectivity index (χ3v) is 3.43. The summed E-state index contributed by atoms with van der Waals surface area (Å²) < 4.78 is 2.87. The van der Waals surface area contributed by atoms with E-state index >= 15 is 0 Å². The maximum atomic E-state index is 5.93. The Labute approximate surface area is 103 Å². The Morgan fingerprint density at radius 1 is 1.38 bits per heavy atom. The number of aryl methyl sites for hydroxylation is 2. The molecule has 0 aliphatic heterocycles. The van der Waals surface area contributed by atoms with Crippen LogP contribution >= 0.6 is 15.9 Å². The van der Waals surface area contributed by atoms with Crippen LogP contribution in [-0.2, 0) is 6.42 Å². The number of nitrogens with two attached hydrogens (primary N) is 1. The zero-order chi connectivity index (χ0) is 11.7. The zero-order valence-electron chi connectivity index (χ0n) is 9.37. The second kappa shape index (κ2) is 4.29. The van der Waals surface area contributed by atoms with Crippen LogP contribution in [0.4, 0.5) is 5.82 Å². The van der Waals surface area contributed by atoms with Crippen molar-refractivity contribution in [2.75, 3.05) is 5.73 Å². The molecule has 2 aromatic rings. The number of anilines is 1. The van der Waals surface area contributed by atoms with Crippen molar-refractivity contribution in [3.63, 3.8) is 0 Å². The van der Waals surface area contributed by atoms with E-state index in [1.54, 1.807) is 4.68 Å². The van der Waals surface area contributed by atoms with E-state index in [0.29, 0.717) is 5.82 Å². The van der Waals surface area contributed by atoms with Gasteiger partial charge in [-0.15, -0.1) is 0 Å². The molecule has 3 nitrogen and oxygen atoms in total. The average molecular weight is 280 g/mol. The van der Waals surface area contributed by atoms with Gasteiger partial charge in [-0.3, -0.25) is 0 Å². The van der Waals surface area contributed by atoms with Crippen LogP contribution < -0.4 is 5.73 Å². The molecule has 2 rings (SSSR count). The number of halogens is 1. The molecule has 0 spiro atoms. The minimum Gasteiger partial charge on any atom is -0.384 e. The van der Waals surface area contributed by atoms with Gasteiger partial charge in [-0.2, -0.15) is 5.10 Å². The molecule has 16 heavy (non-hydrogen) atoms. The molecule has 0 unspecified atom stereocenters. The van der Waals surface area contributed by atoms with E-state index in [0.717, 1.165) is 22.3 Å². The molecular formula is C12H14BrN3. The van der Waals surface area contributed by atoms with E-state index in [1.165, 1.54) is 5.56 Å². The summed E-state index contributed by atoms with van der Waals surface area (Å²) in [4.78, 5) is 0. The molecule has 0 amide bonds. The molecule has 0 saturated carbocycles. The Bertz CT molecular complexity index is 517. The first-order chi connectivity index (χ1) is 7.61. The van der Waals surface area contributed by atoms with Crippen LogP contribution in [0.3, 0.4) is 0 Å². The molecule has 0 atom stereocenters. The number of hydrogen-bond acceptors (Lipinski definition) is 2.